The lowest BCUT2D eigenvalue weighted by Crippen LogP contribution is -2.39. The molecule has 25 heavy (non-hydrogen) atoms. The monoisotopic (exact) mass is 363 g/mol. The maximum absolute atomic E-state index is 13.5. The number of morpholine rings is 1. The fraction of sp³-hybridized carbons (Fsp3) is 0.278. The Bertz CT molecular complexity index is 943. The van der Waals surface area contributed by atoms with Crippen LogP contribution < -0.4 is 4.90 Å². The standard InChI is InChI=1S/C18H16ClF2N3O/c1-23-16-9-12(21)3-5-15(16)22-18(23)24-6-7-25-17(10-24)13-4-2-11(20)8-14(13)19/h2-5,8-9,17H,6-7,10H2,1H3. The molecule has 1 aliphatic heterocycles. The summed E-state index contributed by atoms with van der Waals surface area (Å²) in [5.41, 5.74) is 2.22. The topological polar surface area (TPSA) is 30.3 Å². The highest BCUT2D eigenvalue weighted by atomic mass is 35.5. The highest BCUT2D eigenvalue weighted by Crippen LogP contribution is 2.31. The van der Waals surface area contributed by atoms with Crippen molar-refractivity contribution in [2.45, 2.75) is 6.10 Å². The van der Waals surface area contributed by atoms with Crippen LogP contribution in [0.3, 0.4) is 0 Å². The number of imidazole rings is 1. The number of anilines is 1. The molecular weight excluding hydrogens is 348 g/mol. The van der Waals surface area contributed by atoms with Crippen LogP contribution in [0, 0.1) is 11.6 Å². The summed E-state index contributed by atoms with van der Waals surface area (Å²) in [6, 6.07) is 8.86. The number of hydrogen-bond acceptors (Lipinski definition) is 3. The number of nitrogens with zero attached hydrogens (tertiary/aromatic N) is 3. The Morgan fingerprint density at radius 3 is 2.72 bits per heavy atom. The van der Waals surface area contributed by atoms with Crippen LogP contribution in [0.15, 0.2) is 36.4 Å². The number of aryl methyl sites for hydroxylation is 1. The molecule has 0 spiro atoms. The summed E-state index contributed by atoms with van der Waals surface area (Å²) in [6.45, 7) is 1.69. The zero-order chi connectivity index (χ0) is 17.6. The van der Waals surface area contributed by atoms with E-state index >= 15 is 0 Å². The molecule has 0 amide bonds. The fourth-order valence-electron chi connectivity index (χ4n) is 3.21. The van der Waals surface area contributed by atoms with Crippen LogP contribution in [0.4, 0.5) is 14.7 Å². The Labute approximate surface area is 148 Å². The van der Waals surface area contributed by atoms with Gasteiger partial charge in [0.05, 0.1) is 24.2 Å². The van der Waals surface area contributed by atoms with E-state index in [2.05, 4.69) is 9.88 Å². The quantitative estimate of drug-likeness (QED) is 0.687. The highest BCUT2D eigenvalue weighted by Gasteiger charge is 2.27. The van der Waals surface area contributed by atoms with Gasteiger partial charge in [0.2, 0.25) is 5.95 Å². The molecule has 2 heterocycles. The van der Waals surface area contributed by atoms with Crippen LogP contribution in [-0.2, 0) is 11.8 Å². The van der Waals surface area contributed by atoms with Crippen molar-refractivity contribution < 1.29 is 13.5 Å². The summed E-state index contributed by atoms with van der Waals surface area (Å²) < 4.78 is 34.5. The third-order valence-electron chi connectivity index (χ3n) is 4.48. The van der Waals surface area contributed by atoms with Gasteiger partial charge >= 0.3 is 0 Å². The Kier molecular flexibility index (Phi) is 4.09. The molecule has 130 valence electrons. The minimum atomic E-state index is -0.376. The van der Waals surface area contributed by atoms with Crippen molar-refractivity contribution in [1.29, 1.82) is 0 Å². The molecule has 0 bridgehead atoms. The number of benzene rings is 2. The van der Waals surface area contributed by atoms with E-state index in [1.807, 2.05) is 11.6 Å². The van der Waals surface area contributed by atoms with Gasteiger partial charge in [-0.25, -0.2) is 13.8 Å². The van der Waals surface area contributed by atoms with Crippen LogP contribution in [0.5, 0.6) is 0 Å². The first-order valence-electron chi connectivity index (χ1n) is 7.96. The molecule has 4 nitrogen and oxygen atoms in total. The van der Waals surface area contributed by atoms with Gasteiger partial charge in [0.1, 0.15) is 17.7 Å². The molecule has 1 saturated heterocycles. The molecule has 1 atom stereocenters. The van der Waals surface area contributed by atoms with Crippen molar-refractivity contribution in [2.24, 2.45) is 7.05 Å². The summed E-state index contributed by atoms with van der Waals surface area (Å²) in [5.74, 6) is 0.0749. The molecular formula is C18H16ClF2N3O. The zero-order valence-corrected chi connectivity index (χ0v) is 14.3. The number of ether oxygens (including phenoxy) is 1. The summed E-state index contributed by atoms with van der Waals surface area (Å²) >= 11 is 6.17. The van der Waals surface area contributed by atoms with Gasteiger partial charge < -0.3 is 14.2 Å². The smallest absolute Gasteiger partial charge is 0.206 e. The maximum Gasteiger partial charge on any atom is 0.206 e. The molecule has 0 aliphatic carbocycles. The first-order valence-corrected chi connectivity index (χ1v) is 8.34. The Morgan fingerprint density at radius 1 is 1.16 bits per heavy atom. The maximum atomic E-state index is 13.5. The molecule has 0 saturated carbocycles. The SMILES string of the molecule is Cn1c(N2CCOC(c3ccc(F)cc3Cl)C2)nc2ccc(F)cc21. The second kappa shape index (κ2) is 6.28. The van der Waals surface area contributed by atoms with Gasteiger partial charge in [-0.05, 0) is 30.3 Å². The fourth-order valence-corrected chi connectivity index (χ4v) is 3.50. The molecule has 2 aromatic carbocycles. The largest absolute Gasteiger partial charge is 0.370 e. The molecule has 0 N–H and O–H groups in total. The van der Waals surface area contributed by atoms with Gasteiger partial charge in [0.25, 0.3) is 0 Å². The van der Waals surface area contributed by atoms with E-state index < -0.39 is 0 Å². The summed E-state index contributed by atoms with van der Waals surface area (Å²) in [7, 11) is 1.86. The van der Waals surface area contributed by atoms with Gasteiger partial charge in [-0.2, -0.15) is 0 Å². The van der Waals surface area contributed by atoms with Gasteiger partial charge in [-0.1, -0.05) is 17.7 Å². The van der Waals surface area contributed by atoms with Crippen molar-refractivity contribution >= 4 is 28.6 Å². The van der Waals surface area contributed by atoms with E-state index in [0.717, 1.165) is 22.5 Å². The first kappa shape index (κ1) is 16.3. The molecule has 1 fully saturated rings. The first-order chi connectivity index (χ1) is 12.0. The second-order valence-electron chi connectivity index (χ2n) is 6.08. The molecule has 1 aliphatic rings. The zero-order valence-electron chi connectivity index (χ0n) is 13.5. The van der Waals surface area contributed by atoms with E-state index in [0.29, 0.717) is 24.7 Å². The van der Waals surface area contributed by atoms with Crippen LogP contribution in [0.2, 0.25) is 5.02 Å². The van der Waals surface area contributed by atoms with E-state index in [4.69, 9.17) is 16.3 Å². The van der Waals surface area contributed by atoms with Gasteiger partial charge in [0, 0.05) is 24.2 Å². The normalized spacial score (nSPS) is 18.1. The summed E-state index contributed by atoms with van der Waals surface area (Å²) in [6.07, 6.45) is -0.279. The lowest BCUT2D eigenvalue weighted by molar-refractivity contribution is 0.0391. The van der Waals surface area contributed by atoms with Crippen molar-refractivity contribution in [2.75, 3.05) is 24.6 Å². The lowest BCUT2D eigenvalue weighted by Gasteiger charge is -2.34. The van der Waals surface area contributed by atoms with Gasteiger partial charge in [-0.15, -0.1) is 0 Å². The lowest BCUT2D eigenvalue weighted by atomic mass is 10.1. The van der Waals surface area contributed by atoms with E-state index in [1.54, 1.807) is 12.1 Å². The predicted octanol–water partition coefficient (Wildman–Crippen LogP) is 4.08. The van der Waals surface area contributed by atoms with Crippen molar-refractivity contribution in [3.63, 3.8) is 0 Å². The number of halogens is 3. The van der Waals surface area contributed by atoms with Gasteiger partial charge in [-0.3, -0.25) is 0 Å². The molecule has 0 radical (unpaired) electrons. The minimum Gasteiger partial charge on any atom is -0.370 e. The third kappa shape index (κ3) is 2.96. The van der Waals surface area contributed by atoms with E-state index in [-0.39, 0.29) is 17.7 Å². The van der Waals surface area contributed by atoms with Crippen molar-refractivity contribution in [3.8, 4) is 0 Å². The molecule has 7 heteroatoms. The van der Waals surface area contributed by atoms with Crippen LogP contribution in [-0.4, -0.2) is 29.2 Å². The van der Waals surface area contributed by atoms with Crippen LogP contribution in [0.1, 0.15) is 11.7 Å². The molecule has 1 unspecified atom stereocenters. The highest BCUT2D eigenvalue weighted by molar-refractivity contribution is 6.31. The molecule has 1 aromatic heterocycles. The average Bonchev–Trinajstić information content (AvgIpc) is 2.91. The van der Waals surface area contributed by atoms with Crippen LogP contribution >= 0.6 is 11.6 Å². The minimum absolute atomic E-state index is 0.279. The third-order valence-corrected chi connectivity index (χ3v) is 4.81. The average molecular weight is 364 g/mol. The van der Waals surface area contributed by atoms with E-state index in [1.165, 1.54) is 24.3 Å². The number of fused-ring (bicyclic) bond motifs is 1. The second-order valence-corrected chi connectivity index (χ2v) is 6.48. The Morgan fingerprint density at radius 2 is 1.92 bits per heavy atom. The predicted molar refractivity (Wildman–Crippen MR) is 93.0 cm³/mol. The molecule has 3 aromatic rings. The number of rotatable bonds is 2. The van der Waals surface area contributed by atoms with Gasteiger partial charge in [0.15, 0.2) is 0 Å². The number of aromatic nitrogens is 2. The Balaban J connectivity index is 1.66. The van der Waals surface area contributed by atoms with Crippen LogP contribution in [0.25, 0.3) is 11.0 Å². The Hall–Kier alpha value is -2.18. The van der Waals surface area contributed by atoms with Crippen molar-refractivity contribution in [3.05, 3.63) is 58.6 Å². The summed E-state index contributed by atoms with van der Waals surface area (Å²) in [5, 5.41) is 0.346. The van der Waals surface area contributed by atoms with E-state index in [9.17, 15) is 8.78 Å². The number of hydrogen-bond donors (Lipinski definition) is 0. The van der Waals surface area contributed by atoms with Crippen molar-refractivity contribution in [1.82, 2.24) is 9.55 Å². The molecule has 4 rings (SSSR count). The summed E-state index contributed by atoms with van der Waals surface area (Å²) in [4.78, 5) is 6.69.